The van der Waals surface area contributed by atoms with E-state index in [4.69, 9.17) is 0 Å². The Morgan fingerprint density at radius 3 is 2.61 bits per heavy atom. The van der Waals surface area contributed by atoms with Crippen molar-refractivity contribution in [2.24, 2.45) is 0 Å². The predicted octanol–water partition coefficient (Wildman–Crippen LogP) is 4.91. The van der Waals surface area contributed by atoms with Crippen molar-refractivity contribution < 1.29 is 0 Å². The van der Waals surface area contributed by atoms with E-state index in [0.29, 0.717) is 6.04 Å². The third-order valence-corrected chi connectivity index (χ3v) is 4.66. The summed E-state index contributed by atoms with van der Waals surface area (Å²) in [6.45, 7) is 5.42. The normalized spacial score (nSPS) is 12.6. The van der Waals surface area contributed by atoms with Crippen molar-refractivity contribution in [1.29, 1.82) is 0 Å². The van der Waals surface area contributed by atoms with Crippen molar-refractivity contribution in [3.05, 3.63) is 56.2 Å². The second-order valence-corrected chi connectivity index (χ2v) is 6.88. The zero-order chi connectivity index (χ0) is 13.0. The Hall–Kier alpha value is -0.640. The minimum absolute atomic E-state index is 0.308. The molecule has 1 heterocycles. The maximum absolute atomic E-state index is 3.65. The van der Waals surface area contributed by atoms with Crippen LogP contribution in [0.5, 0.6) is 0 Å². The Kier molecular flexibility index (Phi) is 4.98. The summed E-state index contributed by atoms with van der Waals surface area (Å²) >= 11 is 5.35. The van der Waals surface area contributed by atoms with Crippen LogP contribution in [0, 0.1) is 6.92 Å². The molecule has 0 aliphatic heterocycles. The number of thiophene rings is 1. The molecule has 1 atom stereocenters. The van der Waals surface area contributed by atoms with Crippen LogP contribution in [0.4, 0.5) is 0 Å². The van der Waals surface area contributed by atoms with Crippen LogP contribution in [0.3, 0.4) is 0 Å². The summed E-state index contributed by atoms with van der Waals surface area (Å²) in [5, 5.41) is 3.65. The fourth-order valence-electron chi connectivity index (χ4n) is 2.05. The molecule has 1 aromatic carbocycles. The first-order chi connectivity index (χ1) is 8.72. The van der Waals surface area contributed by atoms with Crippen LogP contribution < -0.4 is 5.32 Å². The average Bonchev–Trinajstić information content (AvgIpc) is 2.78. The highest BCUT2D eigenvalue weighted by Gasteiger charge is 2.16. The minimum atomic E-state index is 0.308. The van der Waals surface area contributed by atoms with Gasteiger partial charge in [-0.15, -0.1) is 11.3 Å². The van der Waals surface area contributed by atoms with Gasteiger partial charge >= 0.3 is 0 Å². The number of nitrogens with one attached hydrogen (secondary N) is 1. The molecule has 1 nitrogen and oxygen atoms in total. The van der Waals surface area contributed by atoms with E-state index in [2.05, 4.69) is 71.5 Å². The van der Waals surface area contributed by atoms with Crippen LogP contribution in [0.15, 0.2) is 40.2 Å². The van der Waals surface area contributed by atoms with Crippen LogP contribution in [0.25, 0.3) is 0 Å². The lowest BCUT2D eigenvalue weighted by molar-refractivity contribution is 0.603. The molecule has 96 valence electrons. The van der Waals surface area contributed by atoms with Gasteiger partial charge in [-0.2, -0.15) is 0 Å². The molecule has 18 heavy (non-hydrogen) atoms. The molecule has 0 bridgehead atoms. The predicted molar refractivity (Wildman–Crippen MR) is 83.3 cm³/mol. The topological polar surface area (TPSA) is 12.0 Å². The molecule has 1 aromatic heterocycles. The molecule has 0 aliphatic carbocycles. The number of rotatable bonds is 5. The first-order valence-electron chi connectivity index (χ1n) is 6.26. The molecular formula is C15H18BrNS. The Morgan fingerprint density at radius 1 is 1.22 bits per heavy atom. The quantitative estimate of drug-likeness (QED) is 0.824. The van der Waals surface area contributed by atoms with Crippen LogP contribution in [-0.4, -0.2) is 6.54 Å². The van der Waals surface area contributed by atoms with Crippen molar-refractivity contribution in [2.45, 2.75) is 26.3 Å². The smallest absolute Gasteiger partial charge is 0.0702 e. The van der Waals surface area contributed by atoms with Gasteiger partial charge in [0.25, 0.3) is 0 Å². The Bertz CT molecular complexity index is 507. The summed E-state index contributed by atoms with van der Waals surface area (Å²) in [6, 6.07) is 13.2. The molecule has 0 aliphatic rings. The molecule has 1 N–H and O–H groups in total. The summed E-state index contributed by atoms with van der Waals surface area (Å²) in [5.41, 5.74) is 2.72. The lowest BCUT2D eigenvalue weighted by Gasteiger charge is -2.19. The summed E-state index contributed by atoms with van der Waals surface area (Å²) in [7, 11) is 0. The number of aryl methyl sites for hydroxylation is 1. The van der Waals surface area contributed by atoms with Crippen molar-refractivity contribution in [3.63, 3.8) is 0 Å². The molecule has 0 saturated heterocycles. The largest absolute Gasteiger partial charge is 0.306 e. The third kappa shape index (κ3) is 3.22. The highest BCUT2D eigenvalue weighted by molar-refractivity contribution is 9.11. The summed E-state index contributed by atoms with van der Waals surface area (Å²) in [4.78, 5) is 1.37. The molecule has 0 fully saturated rings. The van der Waals surface area contributed by atoms with Gasteiger partial charge in [0.05, 0.1) is 9.83 Å². The molecule has 0 radical (unpaired) electrons. The Balaban J connectivity index is 2.33. The second kappa shape index (κ2) is 6.50. The molecular weight excluding hydrogens is 306 g/mol. The van der Waals surface area contributed by atoms with Gasteiger partial charge < -0.3 is 5.32 Å². The van der Waals surface area contributed by atoms with E-state index in [-0.39, 0.29) is 0 Å². The third-order valence-electron chi connectivity index (χ3n) is 2.98. The van der Waals surface area contributed by atoms with E-state index in [1.54, 1.807) is 11.3 Å². The number of hydrogen-bond acceptors (Lipinski definition) is 2. The van der Waals surface area contributed by atoms with Crippen molar-refractivity contribution in [3.8, 4) is 0 Å². The zero-order valence-corrected chi connectivity index (χ0v) is 13.1. The Morgan fingerprint density at radius 2 is 2.00 bits per heavy atom. The van der Waals surface area contributed by atoms with Crippen LogP contribution in [0.2, 0.25) is 0 Å². The summed E-state index contributed by atoms with van der Waals surface area (Å²) in [6.07, 6.45) is 1.15. The first kappa shape index (κ1) is 13.8. The summed E-state index contributed by atoms with van der Waals surface area (Å²) < 4.78 is 1.19. The fraction of sp³-hybridized carbons (Fsp3) is 0.333. The maximum atomic E-state index is 3.65. The van der Waals surface area contributed by atoms with Gasteiger partial charge in [0.15, 0.2) is 0 Å². The van der Waals surface area contributed by atoms with Crippen LogP contribution in [0.1, 0.15) is 35.4 Å². The lowest BCUT2D eigenvalue weighted by atomic mass is 10.00. The molecule has 0 amide bonds. The van der Waals surface area contributed by atoms with Gasteiger partial charge in [0, 0.05) is 4.88 Å². The molecule has 2 aromatic rings. The summed E-state index contributed by atoms with van der Waals surface area (Å²) in [5.74, 6) is 0. The number of halogens is 1. The van der Waals surface area contributed by atoms with Gasteiger partial charge in [-0.25, -0.2) is 0 Å². The van der Waals surface area contributed by atoms with E-state index in [1.807, 2.05) is 0 Å². The monoisotopic (exact) mass is 323 g/mol. The molecule has 1 unspecified atom stereocenters. The molecule has 3 heteroatoms. The van der Waals surface area contributed by atoms with Gasteiger partial charge in [-0.1, -0.05) is 31.2 Å². The van der Waals surface area contributed by atoms with Gasteiger partial charge in [0.1, 0.15) is 0 Å². The van der Waals surface area contributed by atoms with Gasteiger partial charge in [0.2, 0.25) is 0 Å². The average molecular weight is 324 g/mol. The van der Waals surface area contributed by atoms with E-state index < -0.39 is 0 Å². The van der Waals surface area contributed by atoms with Crippen LogP contribution >= 0.6 is 27.3 Å². The zero-order valence-electron chi connectivity index (χ0n) is 10.7. The fourth-order valence-corrected chi connectivity index (χ4v) is 3.56. The Labute approximate surface area is 121 Å². The molecule has 0 spiro atoms. The highest BCUT2D eigenvalue weighted by Crippen LogP contribution is 2.32. The highest BCUT2D eigenvalue weighted by atomic mass is 79.9. The van der Waals surface area contributed by atoms with Crippen molar-refractivity contribution in [1.82, 2.24) is 5.32 Å². The SMILES string of the molecule is CCCNC(c1ccc(Br)s1)c1ccccc1C. The second-order valence-electron chi connectivity index (χ2n) is 4.39. The van der Waals surface area contributed by atoms with E-state index in [0.717, 1.165) is 13.0 Å². The van der Waals surface area contributed by atoms with Crippen LogP contribution in [-0.2, 0) is 0 Å². The number of benzene rings is 1. The van der Waals surface area contributed by atoms with Crippen molar-refractivity contribution >= 4 is 27.3 Å². The first-order valence-corrected chi connectivity index (χ1v) is 7.87. The van der Waals surface area contributed by atoms with Crippen molar-refractivity contribution in [2.75, 3.05) is 6.54 Å². The lowest BCUT2D eigenvalue weighted by Crippen LogP contribution is -2.23. The molecule has 2 rings (SSSR count). The van der Waals surface area contributed by atoms with E-state index in [1.165, 1.54) is 19.8 Å². The standard InChI is InChI=1S/C15H18BrNS/c1-3-10-17-15(13-8-9-14(16)18-13)12-7-5-4-6-11(12)2/h4-9,15,17H,3,10H2,1-2H3. The minimum Gasteiger partial charge on any atom is -0.306 e. The molecule has 0 saturated carbocycles. The van der Waals surface area contributed by atoms with Gasteiger partial charge in [-0.05, 0) is 59.1 Å². The maximum Gasteiger partial charge on any atom is 0.0702 e. The van der Waals surface area contributed by atoms with E-state index >= 15 is 0 Å². The number of hydrogen-bond donors (Lipinski definition) is 1. The van der Waals surface area contributed by atoms with Gasteiger partial charge in [-0.3, -0.25) is 0 Å². The van der Waals surface area contributed by atoms with E-state index in [9.17, 15) is 0 Å².